The average molecular weight is 351 g/mol. The highest BCUT2D eigenvalue weighted by Crippen LogP contribution is 2.19. The third kappa shape index (κ3) is 3.57. The number of nitrogens with one attached hydrogen (secondary N) is 1. The van der Waals surface area contributed by atoms with E-state index in [9.17, 15) is 4.79 Å². The molecule has 1 atom stereocenters. The van der Waals surface area contributed by atoms with Crippen LogP contribution in [-0.4, -0.2) is 57.3 Å². The summed E-state index contributed by atoms with van der Waals surface area (Å²) in [4.78, 5) is 22.9. The van der Waals surface area contributed by atoms with Crippen LogP contribution in [0.2, 0.25) is 0 Å². The molecule has 2 aromatic heterocycles. The molecule has 1 aliphatic heterocycles. The summed E-state index contributed by atoms with van der Waals surface area (Å²) in [7, 11) is 0. The van der Waals surface area contributed by atoms with E-state index in [1.807, 2.05) is 17.2 Å². The number of nitrogens with zero attached hydrogens (tertiary/aromatic N) is 4. The van der Waals surface area contributed by atoms with Crippen LogP contribution in [0.5, 0.6) is 0 Å². The summed E-state index contributed by atoms with van der Waals surface area (Å²) in [5, 5.41) is 8.13. The molecule has 1 saturated heterocycles. The summed E-state index contributed by atoms with van der Waals surface area (Å²) in [6.45, 7) is 4.26. The number of carbonyl (C=O) groups is 1. The summed E-state index contributed by atoms with van der Waals surface area (Å²) in [6, 6.07) is 6.29. The lowest BCUT2D eigenvalue weighted by Crippen LogP contribution is -2.36. The van der Waals surface area contributed by atoms with Crippen LogP contribution in [0.4, 0.5) is 0 Å². The van der Waals surface area contributed by atoms with E-state index in [0.29, 0.717) is 37.7 Å². The zero-order chi connectivity index (χ0) is 17.9. The van der Waals surface area contributed by atoms with Gasteiger partial charge in [0.15, 0.2) is 0 Å². The zero-order valence-electron chi connectivity index (χ0n) is 14.7. The minimum atomic E-state index is -0.0363. The van der Waals surface area contributed by atoms with Crippen molar-refractivity contribution >= 4 is 16.8 Å². The van der Waals surface area contributed by atoms with Gasteiger partial charge in [-0.05, 0) is 31.0 Å². The van der Waals surface area contributed by atoms with Crippen molar-refractivity contribution in [2.45, 2.75) is 13.3 Å². The number of rotatable bonds is 3. The number of benzene rings is 1. The first-order valence-electron chi connectivity index (χ1n) is 8.77. The fraction of sp³-hybridized carbons (Fsp3) is 0.368. The molecule has 7 heteroatoms. The molecule has 1 aliphatic rings. The Balaban J connectivity index is 1.48. The topological polar surface area (TPSA) is 84.0 Å². The Morgan fingerprint density at radius 1 is 1.31 bits per heavy atom. The Labute approximate surface area is 151 Å². The summed E-state index contributed by atoms with van der Waals surface area (Å²) in [6.07, 6.45) is 5.88. The Morgan fingerprint density at radius 3 is 3.00 bits per heavy atom. The molecule has 26 heavy (non-hydrogen) atoms. The molecule has 134 valence electrons. The number of ether oxygens (including phenoxy) is 1. The van der Waals surface area contributed by atoms with E-state index in [0.717, 1.165) is 17.3 Å². The Hall–Kier alpha value is -2.80. The summed E-state index contributed by atoms with van der Waals surface area (Å²) in [5.41, 5.74) is 2.78. The van der Waals surface area contributed by atoms with Crippen molar-refractivity contribution in [3.05, 3.63) is 53.7 Å². The standard InChI is InChI=1S/C19H21N5O2/c1-13-20-8-17(9-21-13)19(25)24-4-5-26-12-15(11-24)6-14-2-3-18-16(7-14)10-22-23-18/h2-3,7-10,15H,4-6,11-12H2,1H3,(H,22,23)/t15-/m0/s1. The molecule has 1 aromatic carbocycles. The molecule has 0 radical (unpaired) electrons. The predicted octanol–water partition coefficient (Wildman–Crippen LogP) is 1.99. The Bertz CT molecular complexity index is 906. The summed E-state index contributed by atoms with van der Waals surface area (Å²) >= 11 is 0. The molecule has 0 unspecified atom stereocenters. The fourth-order valence-electron chi connectivity index (χ4n) is 3.33. The number of amides is 1. The molecule has 7 nitrogen and oxygen atoms in total. The van der Waals surface area contributed by atoms with Crippen molar-refractivity contribution in [2.24, 2.45) is 5.92 Å². The maximum absolute atomic E-state index is 12.8. The Morgan fingerprint density at radius 2 is 2.15 bits per heavy atom. The number of fused-ring (bicyclic) bond motifs is 1. The number of hydrogen-bond acceptors (Lipinski definition) is 5. The van der Waals surface area contributed by atoms with E-state index >= 15 is 0 Å². The second-order valence-electron chi connectivity index (χ2n) is 6.71. The maximum atomic E-state index is 12.8. The second kappa shape index (κ2) is 7.21. The van der Waals surface area contributed by atoms with Gasteiger partial charge in [-0.1, -0.05) is 6.07 Å². The van der Waals surface area contributed by atoms with E-state index in [4.69, 9.17) is 4.74 Å². The van der Waals surface area contributed by atoms with Crippen LogP contribution in [0.3, 0.4) is 0 Å². The quantitative estimate of drug-likeness (QED) is 0.780. The van der Waals surface area contributed by atoms with Crippen LogP contribution in [0.25, 0.3) is 10.9 Å². The molecule has 3 aromatic rings. The van der Waals surface area contributed by atoms with Crippen molar-refractivity contribution in [2.75, 3.05) is 26.3 Å². The molecular formula is C19H21N5O2. The predicted molar refractivity (Wildman–Crippen MR) is 96.8 cm³/mol. The van der Waals surface area contributed by atoms with Gasteiger partial charge < -0.3 is 9.64 Å². The van der Waals surface area contributed by atoms with Crippen LogP contribution in [0.1, 0.15) is 21.7 Å². The van der Waals surface area contributed by atoms with Crippen LogP contribution in [0.15, 0.2) is 36.8 Å². The molecule has 0 aliphatic carbocycles. The summed E-state index contributed by atoms with van der Waals surface area (Å²) < 4.78 is 5.74. The first-order valence-corrected chi connectivity index (χ1v) is 8.77. The van der Waals surface area contributed by atoms with E-state index in [2.05, 4.69) is 32.3 Å². The highest BCUT2D eigenvalue weighted by Gasteiger charge is 2.24. The molecule has 1 N–H and O–H groups in total. The molecule has 4 rings (SSSR count). The normalized spacial score (nSPS) is 18.0. The monoisotopic (exact) mass is 351 g/mol. The number of carbonyl (C=O) groups excluding carboxylic acids is 1. The van der Waals surface area contributed by atoms with Crippen molar-refractivity contribution in [3.63, 3.8) is 0 Å². The van der Waals surface area contributed by atoms with Gasteiger partial charge in [0, 0.05) is 36.8 Å². The van der Waals surface area contributed by atoms with E-state index < -0.39 is 0 Å². The highest BCUT2D eigenvalue weighted by molar-refractivity contribution is 5.93. The van der Waals surface area contributed by atoms with Crippen molar-refractivity contribution < 1.29 is 9.53 Å². The molecule has 0 spiro atoms. The lowest BCUT2D eigenvalue weighted by molar-refractivity contribution is 0.0736. The first-order chi connectivity index (χ1) is 12.7. The Kier molecular flexibility index (Phi) is 4.62. The van der Waals surface area contributed by atoms with Gasteiger partial charge in [0.2, 0.25) is 0 Å². The number of aromatic amines is 1. The summed E-state index contributed by atoms with van der Waals surface area (Å²) in [5.74, 6) is 0.871. The lowest BCUT2D eigenvalue weighted by atomic mass is 9.98. The van der Waals surface area contributed by atoms with E-state index in [1.54, 1.807) is 19.3 Å². The van der Waals surface area contributed by atoms with Gasteiger partial charge in [-0.25, -0.2) is 9.97 Å². The van der Waals surface area contributed by atoms with Crippen LogP contribution in [-0.2, 0) is 11.2 Å². The number of H-pyrrole nitrogens is 1. The molecular weight excluding hydrogens is 330 g/mol. The minimum Gasteiger partial charge on any atom is -0.379 e. The van der Waals surface area contributed by atoms with E-state index in [1.165, 1.54) is 5.56 Å². The second-order valence-corrected chi connectivity index (χ2v) is 6.71. The van der Waals surface area contributed by atoms with Crippen LogP contribution < -0.4 is 0 Å². The SMILES string of the molecule is Cc1ncc(C(=O)N2CCOC[C@@H](Cc3ccc4[nH]ncc4c3)C2)cn1. The lowest BCUT2D eigenvalue weighted by Gasteiger charge is -2.23. The molecule has 0 bridgehead atoms. The smallest absolute Gasteiger partial charge is 0.257 e. The van der Waals surface area contributed by atoms with Gasteiger partial charge in [-0.2, -0.15) is 5.10 Å². The largest absolute Gasteiger partial charge is 0.379 e. The van der Waals surface area contributed by atoms with E-state index in [-0.39, 0.29) is 11.8 Å². The highest BCUT2D eigenvalue weighted by atomic mass is 16.5. The fourth-order valence-corrected chi connectivity index (χ4v) is 3.33. The van der Waals surface area contributed by atoms with Gasteiger partial charge in [-0.3, -0.25) is 9.89 Å². The minimum absolute atomic E-state index is 0.0363. The number of hydrogen-bond donors (Lipinski definition) is 1. The number of aryl methyl sites for hydroxylation is 1. The van der Waals surface area contributed by atoms with Gasteiger partial charge in [0.05, 0.1) is 30.5 Å². The average Bonchev–Trinajstić information content (AvgIpc) is 2.99. The molecule has 3 heterocycles. The maximum Gasteiger partial charge on any atom is 0.257 e. The third-order valence-corrected chi connectivity index (χ3v) is 4.68. The van der Waals surface area contributed by atoms with Crippen LogP contribution >= 0.6 is 0 Å². The van der Waals surface area contributed by atoms with Gasteiger partial charge >= 0.3 is 0 Å². The van der Waals surface area contributed by atoms with Crippen molar-refractivity contribution in [1.29, 1.82) is 0 Å². The molecule has 0 saturated carbocycles. The number of aromatic nitrogens is 4. The molecule has 1 amide bonds. The van der Waals surface area contributed by atoms with Gasteiger partial charge in [-0.15, -0.1) is 0 Å². The van der Waals surface area contributed by atoms with Gasteiger partial charge in [0.1, 0.15) is 5.82 Å². The van der Waals surface area contributed by atoms with Crippen LogP contribution in [0, 0.1) is 12.8 Å². The zero-order valence-corrected chi connectivity index (χ0v) is 14.7. The third-order valence-electron chi connectivity index (χ3n) is 4.68. The van der Waals surface area contributed by atoms with Crippen molar-refractivity contribution in [1.82, 2.24) is 25.1 Å². The van der Waals surface area contributed by atoms with Crippen molar-refractivity contribution in [3.8, 4) is 0 Å². The molecule has 1 fully saturated rings. The van der Waals surface area contributed by atoms with Gasteiger partial charge in [0.25, 0.3) is 5.91 Å². The first kappa shape index (κ1) is 16.7.